The average molecular weight is 424 g/mol. The van der Waals surface area contributed by atoms with Crippen molar-refractivity contribution in [2.45, 2.75) is 44.6 Å². The molecule has 8 nitrogen and oxygen atoms in total. The standard InChI is InChI=1S/C20H29N3O5S/c1-14(2)6-7-21-20(25)19-13-16-12-17(4-5-18(16)23(19)15(3)24)29(26,27)22-8-10-28-11-9-22/h4-5,12,14,19H,6-11,13H2,1-3H3,(H,21,25). The highest BCUT2D eigenvalue weighted by molar-refractivity contribution is 7.89. The molecule has 0 aromatic heterocycles. The summed E-state index contributed by atoms with van der Waals surface area (Å²) < 4.78 is 32.5. The lowest BCUT2D eigenvalue weighted by Gasteiger charge is -2.26. The molecular formula is C20H29N3O5S. The molecule has 2 aliphatic heterocycles. The second-order valence-electron chi connectivity index (χ2n) is 7.89. The maximum atomic E-state index is 12.9. The van der Waals surface area contributed by atoms with Crippen LogP contribution in [0.15, 0.2) is 23.1 Å². The number of hydrogen-bond acceptors (Lipinski definition) is 5. The van der Waals surface area contributed by atoms with Crippen LogP contribution in [-0.2, 0) is 30.8 Å². The van der Waals surface area contributed by atoms with Crippen LogP contribution in [0.1, 0.15) is 32.8 Å². The Balaban J connectivity index is 1.83. The summed E-state index contributed by atoms with van der Waals surface area (Å²) in [7, 11) is -3.63. The number of benzene rings is 1. The highest BCUT2D eigenvalue weighted by atomic mass is 32.2. The van der Waals surface area contributed by atoms with Gasteiger partial charge in [-0.1, -0.05) is 13.8 Å². The Morgan fingerprint density at radius 2 is 1.93 bits per heavy atom. The molecule has 9 heteroatoms. The molecule has 2 amide bonds. The van der Waals surface area contributed by atoms with Crippen LogP contribution in [0.25, 0.3) is 0 Å². The number of nitrogens with zero attached hydrogens (tertiary/aromatic N) is 2. The number of carbonyl (C=O) groups is 2. The maximum Gasteiger partial charge on any atom is 0.243 e. The Hall–Kier alpha value is -1.97. The number of carbonyl (C=O) groups excluding carboxylic acids is 2. The largest absolute Gasteiger partial charge is 0.379 e. The van der Waals surface area contributed by atoms with E-state index in [0.717, 1.165) is 6.42 Å². The number of sulfonamides is 1. The van der Waals surface area contributed by atoms with Crippen LogP contribution in [0, 0.1) is 5.92 Å². The van der Waals surface area contributed by atoms with Gasteiger partial charge in [-0.2, -0.15) is 4.31 Å². The van der Waals surface area contributed by atoms with E-state index in [1.54, 1.807) is 12.1 Å². The molecule has 160 valence electrons. The Labute approximate surface area is 172 Å². The summed E-state index contributed by atoms with van der Waals surface area (Å²) in [5.41, 5.74) is 1.29. The monoisotopic (exact) mass is 423 g/mol. The van der Waals surface area contributed by atoms with Crippen molar-refractivity contribution in [1.29, 1.82) is 0 Å². The molecular weight excluding hydrogens is 394 g/mol. The van der Waals surface area contributed by atoms with Gasteiger partial charge in [0, 0.05) is 38.7 Å². The van der Waals surface area contributed by atoms with Gasteiger partial charge in [-0.15, -0.1) is 0 Å². The van der Waals surface area contributed by atoms with Gasteiger partial charge in [0.05, 0.1) is 18.1 Å². The summed E-state index contributed by atoms with van der Waals surface area (Å²) in [5, 5.41) is 2.90. The van der Waals surface area contributed by atoms with E-state index in [-0.39, 0.29) is 16.7 Å². The first-order chi connectivity index (χ1) is 13.7. The number of amides is 2. The first kappa shape index (κ1) is 21.7. The van der Waals surface area contributed by atoms with E-state index in [9.17, 15) is 18.0 Å². The zero-order valence-corrected chi connectivity index (χ0v) is 18.0. The SMILES string of the molecule is CC(=O)N1c2ccc(S(=O)(=O)N3CCOCC3)cc2CC1C(=O)NCCC(C)C. The highest BCUT2D eigenvalue weighted by Crippen LogP contribution is 2.35. The van der Waals surface area contributed by atoms with E-state index < -0.39 is 16.1 Å². The summed E-state index contributed by atoms with van der Waals surface area (Å²) >= 11 is 0. The van der Waals surface area contributed by atoms with Crippen LogP contribution in [0.3, 0.4) is 0 Å². The van der Waals surface area contributed by atoms with Crippen LogP contribution >= 0.6 is 0 Å². The van der Waals surface area contributed by atoms with Crippen molar-refractivity contribution in [1.82, 2.24) is 9.62 Å². The third-order valence-corrected chi connectivity index (χ3v) is 7.20. The highest BCUT2D eigenvalue weighted by Gasteiger charge is 2.38. The third-order valence-electron chi connectivity index (χ3n) is 5.31. The van der Waals surface area contributed by atoms with Crippen LogP contribution in [-0.4, -0.2) is 63.4 Å². The fourth-order valence-electron chi connectivity index (χ4n) is 3.73. The lowest BCUT2D eigenvalue weighted by atomic mass is 10.1. The quantitative estimate of drug-likeness (QED) is 0.740. The molecule has 3 rings (SSSR count). The molecule has 1 aromatic rings. The lowest BCUT2D eigenvalue weighted by Crippen LogP contribution is -2.47. The number of rotatable bonds is 6. The Morgan fingerprint density at radius 1 is 1.24 bits per heavy atom. The van der Waals surface area contributed by atoms with Crippen LogP contribution in [0.2, 0.25) is 0 Å². The summed E-state index contributed by atoms with van der Waals surface area (Å²) in [6, 6.07) is 4.08. The first-order valence-corrected chi connectivity index (χ1v) is 11.4. The van der Waals surface area contributed by atoms with E-state index in [1.165, 1.54) is 22.2 Å². The van der Waals surface area contributed by atoms with Gasteiger partial charge < -0.3 is 10.1 Å². The summed E-state index contributed by atoms with van der Waals surface area (Å²) in [6.45, 7) is 7.51. The Kier molecular flexibility index (Phi) is 6.60. The maximum absolute atomic E-state index is 12.9. The van der Waals surface area contributed by atoms with Crippen molar-refractivity contribution >= 4 is 27.5 Å². The van der Waals surface area contributed by atoms with Crippen LogP contribution in [0.5, 0.6) is 0 Å². The van der Waals surface area contributed by atoms with E-state index in [4.69, 9.17) is 4.74 Å². The van der Waals surface area contributed by atoms with E-state index in [0.29, 0.717) is 56.4 Å². The summed E-state index contributed by atoms with van der Waals surface area (Å²) in [5.74, 6) is 0.0131. The molecule has 0 radical (unpaired) electrons. The number of fused-ring (bicyclic) bond motifs is 1. The molecule has 0 bridgehead atoms. The molecule has 1 N–H and O–H groups in total. The van der Waals surface area contributed by atoms with Crippen molar-refractivity contribution in [3.63, 3.8) is 0 Å². The van der Waals surface area contributed by atoms with E-state index in [1.807, 2.05) is 0 Å². The molecule has 0 aliphatic carbocycles. The Bertz CT molecular complexity index is 878. The number of ether oxygens (including phenoxy) is 1. The number of nitrogens with one attached hydrogen (secondary N) is 1. The van der Waals surface area contributed by atoms with Crippen LogP contribution < -0.4 is 10.2 Å². The second kappa shape index (κ2) is 8.81. The fraction of sp³-hybridized carbons (Fsp3) is 0.600. The van der Waals surface area contributed by atoms with E-state index >= 15 is 0 Å². The summed E-state index contributed by atoms with van der Waals surface area (Å²) in [6.07, 6.45) is 1.16. The number of anilines is 1. The molecule has 1 saturated heterocycles. The molecule has 0 spiro atoms. The van der Waals surface area contributed by atoms with Gasteiger partial charge in [0.2, 0.25) is 21.8 Å². The smallest absolute Gasteiger partial charge is 0.243 e. The molecule has 1 unspecified atom stereocenters. The summed E-state index contributed by atoms with van der Waals surface area (Å²) in [4.78, 5) is 26.6. The van der Waals surface area contributed by atoms with Crippen molar-refractivity contribution in [3.05, 3.63) is 23.8 Å². The molecule has 1 atom stereocenters. The minimum atomic E-state index is -3.63. The first-order valence-electron chi connectivity index (χ1n) is 10.00. The topological polar surface area (TPSA) is 96.0 Å². The Morgan fingerprint density at radius 3 is 2.55 bits per heavy atom. The van der Waals surface area contributed by atoms with Crippen molar-refractivity contribution < 1.29 is 22.7 Å². The molecule has 0 saturated carbocycles. The predicted octanol–water partition coefficient (Wildman–Crippen LogP) is 1.15. The second-order valence-corrected chi connectivity index (χ2v) is 9.83. The predicted molar refractivity (Wildman–Crippen MR) is 109 cm³/mol. The van der Waals surface area contributed by atoms with Crippen molar-refractivity contribution in [2.75, 3.05) is 37.7 Å². The van der Waals surface area contributed by atoms with Gasteiger partial charge >= 0.3 is 0 Å². The van der Waals surface area contributed by atoms with Crippen molar-refractivity contribution in [2.24, 2.45) is 5.92 Å². The van der Waals surface area contributed by atoms with Gasteiger partial charge in [0.15, 0.2) is 0 Å². The average Bonchev–Trinajstić information content (AvgIpc) is 3.07. The molecule has 2 heterocycles. The molecule has 2 aliphatic rings. The molecule has 29 heavy (non-hydrogen) atoms. The number of morpholine rings is 1. The van der Waals surface area contributed by atoms with Gasteiger partial charge in [-0.3, -0.25) is 14.5 Å². The van der Waals surface area contributed by atoms with Crippen LogP contribution in [0.4, 0.5) is 5.69 Å². The van der Waals surface area contributed by atoms with Crippen molar-refractivity contribution in [3.8, 4) is 0 Å². The zero-order chi connectivity index (χ0) is 21.2. The minimum absolute atomic E-state index is 0.183. The van der Waals surface area contributed by atoms with Gasteiger partial charge in [0.1, 0.15) is 6.04 Å². The molecule has 1 aromatic carbocycles. The lowest BCUT2D eigenvalue weighted by molar-refractivity contribution is -0.125. The third kappa shape index (κ3) is 4.62. The van der Waals surface area contributed by atoms with Gasteiger partial charge in [-0.05, 0) is 36.1 Å². The van der Waals surface area contributed by atoms with Gasteiger partial charge in [0.25, 0.3) is 0 Å². The van der Waals surface area contributed by atoms with E-state index in [2.05, 4.69) is 19.2 Å². The van der Waals surface area contributed by atoms with Gasteiger partial charge in [-0.25, -0.2) is 8.42 Å². The number of hydrogen-bond donors (Lipinski definition) is 1. The minimum Gasteiger partial charge on any atom is -0.379 e. The zero-order valence-electron chi connectivity index (χ0n) is 17.2. The molecule has 1 fully saturated rings. The normalized spacial score (nSPS) is 20.0. The fourth-order valence-corrected chi connectivity index (χ4v) is 5.18.